The van der Waals surface area contributed by atoms with E-state index in [2.05, 4.69) is 0 Å². The number of nitrogens with zero attached hydrogens (tertiary/aromatic N) is 1. The van der Waals surface area contributed by atoms with Gasteiger partial charge in [-0.05, 0) is 24.3 Å². The predicted molar refractivity (Wildman–Crippen MR) is 63.5 cm³/mol. The molecule has 1 unspecified atom stereocenters. The summed E-state index contributed by atoms with van der Waals surface area (Å²) in [6, 6.07) is 7.33. The minimum Gasteiger partial charge on any atom is -0.497 e. The van der Waals surface area contributed by atoms with Crippen LogP contribution in [0, 0.1) is 0 Å². The van der Waals surface area contributed by atoms with Gasteiger partial charge in [-0.25, -0.2) is 0 Å². The molecule has 5 heteroatoms. The summed E-state index contributed by atoms with van der Waals surface area (Å²) >= 11 is 5.65. The van der Waals surface area contributed by atoms with Crippen molar-refractivity contribution in [2.75, 3.05) is 25.6 Å². The van der Waals surface area contributed by atoms with E-state index >= 15 is 0 Å². The molecule has 1 atom stereocenters. The van der Waals surface area contributed by atoms with Crippen LogP contribution in [0.15, 0.2) is 24.3 Å². The normalized spacial score (nSPS) is 11.9. The number of anilines is 1. The number of hydrogen-bond donors (Lipinski definition) is 1. The number of carbonyl (C=O) groups is 1. The maximum atomic E-state index is 10.6. The molecule has 0 aromatic heterocycles. The number of aliphatic carboxylic acids is 1. The van der Waals surface area contributed by atoms with Gasteiger partial charge in [0, 0.05) is 19.3 Å². The van der Waals surface area contributed by atoms with Crippen molar-refractivity contribution in [3.8, 4) is 5.75 Å². The Kier molecular flexibility index (Phi) is 4.43. The van der Waals surface area contributed by atoms with E-state index in [1.807, 2.05) is 24.3 Å². The van der Waals surface area contributed by atoms with Crippen molar-refractivity contribution in [1.82, 2.24) is 0 Å². The maximum Gasteiger partial charge on any atom is 0.323 e. The third kappa shape index (κ3) is 3.31. The van der Waals surface area contributed by atoms with Gasteiger partial charge in [-0.3, -0.25) is 4.79 Å². The molecule has 88 valence electrons. The van der Waals surface area contributed by atoms with Gasteiger partial charge in [-0.2, -0.15) is 0 Å². The lowest BCUT2D eigenvalue weighted by atomic mass is 10.2. The van der Waals surface area contributed by atoms with E-state index < -0.39 is 11.3 Å². The first-order valence-electron chi connectivity index (χ1n) is 4.76. The Bertz CT molecular complexity index is 353. The number of halogens is 1. The van der Waals surface area contributed by atoms with Gasteiger partial charge in [-0.15, -0.1) is 11.6 Å². The van der Waals surface area contributed by atoms with Crippen LogP contribution in [0.25, 0.3) is 0 Å². The molecule has 4 nitrogen and oxygen atoms in total. The van der Waals surface area contributed by atoms with Crippen LogP contribution in [-0.2, 0) is 4.79 Å². The molecule has 16 heavy (non-hydrogen) atoms. The number of hydrogen-bond acceptors (Lipinski definition) is 3. The summed E-state index contributed by atoms with van der Waals surface area (Å²) in [6.07, 6.45) is 0. The molecule has 0 fully saturated rings. The SMILES string of the molecule is COc1ccc(N(C)CC(Cl)C(=O)O)cc1. The Morgan fingerprint density at radius 1 is 1.50 bits per heavy atom. The van der Waals surface area contributed by atoms with Crippen molar-refractivity contribution in [3.63, 3.8) is 0 Å². The van der Waals surface area contributed by atoms with E-state index in [1.54, 1.807) is 19.1 Å². The number of alkyl halides is 1. The van der Waals surface area contributed by atoms with Crippen molar-refractivity contribution < 1.29 is 14.6 Å². The summed E-state index contributed by atoms with van der Waals surface area (Å²) in [4.78, 5) is 12.4. The van der Waals surface area contributed by atoms with Gasteiger partial charge in [0.05, 0.1) is 7.11 Å². The van der Waals surface area contributed by atoms with E-state index in [0.717, 1.165) is 11.4 Å². The van der Waals surface area contributed by atoms with E-state index in [9.17, 15) is 4.79 Å². The van der Waals surface area contributed by atoms with Gasteiger partial charge in [0.25, 0.3) is 0 Å². The fourth-order valence-corrected chi connectivity index (χ4v) is 1.47. The average Bonchev–Trinajstić information content (AvgIpc) is 2.28. The van der Waals surface area contributed by atoms with Gasteiger partial charge < -0.3 is 14.7 Å². The fraction of sp³-hybridized carbons (Fsp3) is 0.364. The van der Waals surface area contributed by atoms with Crippen molar-refractivity contribution in [2.24, 2.45) is 0 Å². The molecule has 0 saturated heterocycles. The van der Waals surface area contributed by atoms with Crippen LogP contribution in [0.4, 0.5) is 5.69 Å². The van der Waals surface area contributed by atoms with Crippen LogP contribution in [0.2, 0.25) is 0 Å². The second kappa shape index (κ2) is 5.61. The molecule has 0 heterocycles. The molecule has 0 aliphatic carbocycles. The lowest BCUT2D eigenvalue weighted by Gasteiger charge is -2.20. The molecule has 1 N–H and O–H groups in total. The van der Waals surface area contributed by atoms with Gasteiger partial charge in [0.1, 0.15) is 11.1 Å². The Morgan fingerprint density at radius 3 is 2.50 bits per heavy atom. The van der Waals surface area contributed by atoms with Crippen molar-refractivity contribution in [1.29, 1.82) is 0 Å². The Labute approximate surface area is 99.4 Å². The van der Waals surface area contributed by atoms with Crippen molar-refractivity contribution in [2.45, 2.75) is 5.38 Å². The van der Waals surface area contributed by atoms with E-state index in [4.69, 9.17) is 21.4 Å². The smallest absolute Gasteiger partial charge is 0.323 e. The van der Waals surface area contributed by atoms with Crippen LogP contribution >= 0.6 is 11.6 Å². The highest BCUT2D eigenvalue weighted by Gasteiger charge is 2.16. The first-order chi connectivity index (χ1) is 7.54. The highest BCUT2D eigenvalue weighted by Crippen LogP contribution is 2.18. The summed E-state index contributed by atoms with van der Waals surface area (Å²) in [5, 5.41) is 7.77. The highest BCUT2D eigenvalue weighted by molar-refractivity contribution is 6.30. The number of carboxylic acids is 1. The van der Waals surface area contributed by atoms with E-state index in [0.29, 0.717) is 0 Å². The Hall–Kier alpha value is -1.42. The summed E-state index contributed by atoms with van der Waals surface area (Å²) < 4.78 is 5.03. The molecule has 1 aromatic carbocycles. The third-order valence-corrected chi connectivity index (χ3v) is 2.54. The molecule has 0 aliphatic heterocycles. The van der Waals surface area contributed by atoms with Crippen molar-refractivity contribution in [3.05, 3.63) is 24.3 Å². The highest BCUT2D eigenvalue weighted by atomic mass is 35.5. The monoisotopic (exact) mass is 243 g/mol. The van der Waals surface area contributed by atoms with Gasteiger partial charge in [-0.1, -0.05) is 0 Å². The lowest BCUT2D eigenvalue weighted by molar-refractivity contribution is -0.136. The minimum absolute atomic E-state index is 0.253. The molecule has 0 radical (unpaired) electrons. The number of rotatable bonds is 5. The molecule has 0 aliphatic rings. The molecular formula is C11H14ClNO3. The third-order valence-electron chi connectivity index (χ3n) is 2.22. The summed E-state index contributed by atoms with van der Waals surface area (Å²) in [7, 11) is 3.39. The molecule has 0 spiro atoms. The summed E-state index contributed by atoms with van der Waals surface area (Å²) in [5.41, 5.74) is 0.896. The quantitative estimate of drug-likeness (QED) is 0.802. The number of carboxylic acid groups (broad SMARTS) is 1. The Balaban J connectivity index is 2.65. The van der Waals surface area contributed by atoms with Crippen LogP contribution in [0.5, 0.6) is 5.75 Å². The second-order valence-corrected chi connectivity index (χ2v) is 3.91. The second-order valence-electron chi connectivity index (χ2n) is 3.38. The zero-order valence-corrected chi connectivity index (χ0v) is 9.94. The van der Waals surface area contributed by atoms with Gasteiger partial charge in [0.2, 0.25) is 0 Å². The van der Waals surface area contributed by atoms with E-state index in [1.165, 1.54) is 0 Å². The van der Waals surface area contributed by atoms with Gasteiger partial charge in [0.15, 0.2) is 0 Å². The number of methoxy groups -OCH3 is 1. The topological polar surface area (TPSA) is 49.8 Å². The standard InChI is InChI=1S/C11H14ClNO3/c1-13(7-10(12)11(14)15)8-3-5-9(16-2)6-4-8/h3-6,10H,7H2,1-2H3,(H,14,15). The zero-order chi connectivity index (χ0) is 12.1. The van der Waals surface area contributed by atoms with Crippen LogP contribution in [-0.4, -0.2) is 37.2 Å². The first-order valence-corrected chi connectivity index (χ1v) is 5.20. The summed E-state index contributed by atoms with van der Waals surface area (Å²) in [6.45, 7) is 0.253. The van der Waals surface area contributed by atoms with E-state index in [-0.39, 0.29) is 6.54 Å². The first kappa shape index (κ1) is 12.6. The minimum atomic E-state index is -1.01. The molecule has 1 rings (SSSR count). The summed E-state index contributed by atoms with van der Waals surface area (Å²) in [5.74, 6) is -0.250. The largest absolute Gasteiger partial charge is 0.497 e. The maximum absolute atomic E-state index is 10.6. The molecule has 1 aromatic rings. The van der Waals surface area contributed by atoms with Crippen LogP contribution < -0.4 is 9.64 Å². The number of benzene rings is 1. The number of ether oxygens (including phenoxy) is 1. The lowest BCUT2D eigenvalue weighted by Crippen LogP contribution is -2.30. The molecular weight excluding hydrogens is 230 g/mol. The van der Waals surface area contributed by atoms with Gasteiger partial charge >= 0.3 is 5.97 Å². The van der Waals surface area contributed by atoms with Crippen LogP contribution in [0.1, 0.15) is 0 Å². The molecule has 0 bridgehead atoms. The van der Waals surface area contributed by atoms with Crippen molar-refractivity contribution >= 4 is 23.3 Å². The average molecular weight is 244 g/mol. The molecule has 0 saturated carbocycles. The Morgan fingerprint density at radius 2 is 2.06 bits per heavy atom. The zero-order valence-electron chi connectivity index (χ0n) is 9.18. The molecule has 0 amide bonds. The predicted octanol–water partition coefficient (Wildman–Crippen LogP) is 1.82. The fourth-order valence-electron chi connectivity index (χ4n) is 1.26. The van der Waals surface area contributed by atoms with Crippen LogP contribution in [0.3, 0.4) is 0 Å².